The SMILES string of the molecule is Cc1cc(N(C)C)nc(NC(=O)NCc2cccc(O)c2)n1. The predicted octanol–water partition coefficient (Wildman–Crippen LogP) is 1.88. The van der Waals surface area contributed by atoms with Gasteiger partial charge in [0, 0.05) is 32.4 Å². The minimum absolute atomic E-state index is 0.164. The molecule has 0 aliphatic heterocycles. The van der Waals surface area contributed by atoms with Crippen molar-refractivity contribution in [1.29, 1.82) is 0 Å². The van der Waals surface area contributed by atoms with Crippen LogP contribution in [-0.2, 0) is 6.54 Å². The van der Waals surface area contributed by atoms with Crippen molar-refractivity contribution in [2.24, 2.45) is 0 Å². The third-order valence-corrected chi connectivity index (χ3v) is 2.89. The number of anilines is 2. The van der Waals surface area contributed by atoms with Gasteiger partial charge in [-0.25, -0.2) is 9.78 Å². The Kier molecular flexibility index (Phi) is 4.77. The van der Waals surface area contributed by atoms with E-state index in [1.807, 2.05) is 38.1 Å². The molecule has 0 fully saturated rings. The van der Waals surface area contributed by atoms with Crippen LogP contribution in [0, 0.1) is 6.92 Å². The van der Waals surface area contributed by atoms with Crippen LogP contribution in [0.4, 0.5) is 16.6 Å². The number of phenolic OH excluding ortho intramolecular Hbond substituents is 1. The number of phenols is 1. The van der Waals surface area contributed by atoms with Gasteiger partial charge in [-0.05, 0) is 24.6 Å². The minimum atomic E-state index is -0.404. The number of benzene rings is 1. The molecule has 0 saturated heterocycles. The molecule has 0 bridgehead atoms. The lowest BCUT2D eigenvalue weighted by molar-refractivity contribution is 0.251. The van der Waals surface area contributed by atoms with Gasteiger partial charge in [-0.3, -0.25) is 5.32 Å². The first-order valence-corrected chi connectivity index (χ1v) is 6.80. The Balaban J connectivity index is 1.97. The largest absolute Gasteiger partial charge is 0.508 e. The number of aryl methyl sites for hydroxylation is 1. The Labute approximate surface area is 129 Å². The monoisotopic (exact) mass is 301 g/mol. The highest BCUT2D eigenvalue weighted by Gasteiger charge is 2.07. The van der Waals surface area contributed by atoms with Crippen molar-refractivity contribution in [3.05, 3.63) is 41.6 Å². The second-order valence-corrected chi connectivity index (χ2v) is 5.06. The molecule has 0 spiro atoms. The second-order valence-electron chi connectivity index (χ2n) is 5.06. The van der Waals surface area contributed by atoms with E-state index in [2.05, 4.69) is 20.6 Å². The molecule has 0 aliphatic carbocycles. The first kappa shape index (κ1) is 15.6. The summed E-state index contributed by atoms with van der Waals surface area (Å²) in [5.74, 6) is 1.13. The number of carbonyl (C=O) groups is 1. The van der Waals surface area contributed by atoms with Crippen molar-refractivity contribution in [1.82, 2.24) is 15.3 Å². The van der Waals surface area contributed by atoms with Gasteiger partial charge in [-0.1, -0.05) is 12.1 Å². The summed E-state index contributed by atoms with van der Waals surface area (Å²) in [6.45, 7) is 2.14. The summed E-state index contributed by atoms with van der Waals surface area (Å²) in [5, 5.41) is 14.7. The van der Waals surface area contributed by atoms with Crippen LogP contribution in [0.15, 0.2) is 30.3 Å². The maximum atomic E-state index is 11.9. The van der Waals surface area contributed by atoms with Crippen LogP contribution in [0.3, 0.4) is 0 Å². The first-order chi connectivity index (χ1) is 10.4. The van der Waals surface area contributed by atoms with E-state index in [9.17, 15) is 9.90 Å². The van der Waals surface area contributed by atoms with Crippen molar-refractivity contribution in [2.75, 3.05) is 24.3 Å². The smallest absolute Gasteiger partial charge is 0.321 e. The Hall–Kier alpha value is -2.83. The number of amides is 2. The summed E-state index contributed by atoms with van der Waals surface area (Å²) in [7, 11) is 3.74. The first-order valence-electron chi connectivity index (χ1n) is 6.80. The van der Waals surface area contributed by atoms with Gasteiger partial charge in [-0.2, -0.15) is 4.98 Å². The summed E-state index contributed by atoms with van der Waals surface area (Å²) < 4.78 is 0. The molecule has 0 aliphatic rings. The zero-order valence-electron chi connectivity index (χ0n) is 12.8. The van der Waals surface area contributed by atoms with Gasteiger partial charge < -0.3 is 15.3 Å². The van der Waals surface area contributed by atoms with Gasteiger partial charge in [0.1, 0.15) is 11.6 Å². The Bertz CT molecular complexity index is 673. The summed E-state index contributed by atoms with van der Waals surface area (Å²) in [4.78, 5) is 22.1. The van der Waals surface area contributed by atoms with E-state index in [-0.39, 0.29) is 11.7 Å². The fourth-order valence-electron chi connectivity index (χ4n) is 1.83. The van der Waals surface area contributed by atoms with Crippen LogP contribution in [0.25, 0.3) is 0 Å². The highest BCUT2D eigenvalue weighted by atomic mass is 16.3. The molecule has 7 nitrogen and oxygen atoms in total. The number of nitrogens with one attached hydrogen (secondary N) is 2. The molecule has 22 heavy (non-hydrogen) atoms. The molecule has 2 rings (SSSR count). The highest BCUT2D eigenvalue weighted by Crippen LogP contribution is 2.12. The van der Waals surface area contributed by atoms with Crippen LogP contribution >= 0.6 is 0 Å². The topological polar surface area (TPSA) is 90.4 Å². The van der Waals surface area contributed by atoms with Gasteiger partial charge in [0.05, 0.1) is 0 Å². The minimum Gasteiger partial charge on any atom is -0.508 e. The van der Waals surface area contributed by atoms with Gasteiger partial charge >= 0.3 is 6.03 Å². The van der Waals surface area contributed by atoms with Crippen molar-refractivity contribution in [2.45, 2.75) is 13.5 Å². The summed E-state index contributed by atoms with van der Waals surface area (Å²) in [6, 6.07) is 8.12. The zero-order valence-corrected chi connectivity index (χ0v) is 12.8. The normalized spacial score (nSPS) is 10.1. The van der Waals surface area contributed by atoms with Gasteiger partial charge in [0.2, 0.25) is 5.95 Å². The molecule has 1 aromatic carbocycles. The number of rotatable bonds is 4. The maximum Gasteiger partial charge on any atom is 0.321 e. The molecule has 0 saturated carbocycles. The van der Waals surface area contributed by atoms with E-state index in [1.165, 1.54) is 0 Å². The lowest BCUT2D eigenvalue weighted by Gasteiger charge is -2.13. The van der Waals surface area contributed by atoms with E-state index in [0.717, 1.165) is 17.1 Å². The van der Waals surface area contributed by atoms with Gasteiger partial charge in [0.25, 0.3) is 0 Å². The number of hydrogen-bond acceptors (Lipinski definition) is 5. The molecule has 116 valence electrons. The number of nitrogens with zero attached hydrogens (tertiary/aromatic N) is 3. The number of urea groups is 1. The number of carbonyl (C=O) groups excluding carboxylic acids is 1. The zero-order chi connectivity index (χ0) is 16.1. The quantitative estimate of drug-likeness (QED) is 0.802. The van der Waals surface area contributed by atoms with Gasteiger partial charge in [0.15, 0.2) is 0 Å². The molecule has 1 aromatic heterocycles. The standard InChI is InChI=1S/C15H19N5O2/c1-10-7-13(20(2)3)18-14(17-10)19-15(22)16-9-11-5-4-6-12(21)8-11/h4-8,21H,9H2,1-3H3,(H2,16,17,18,19,22). The molecule has 7 heteroatoms. The molecule has 3 N–H and O–H groups in total. The average Bonchev–Trinajstić information content (AvgIpc) is 2.44. The molecular weight excluding hydrogens is 282 g/mol. The lowest BCUT2D eigenvalue weighted by Crippen LogP contribution is -2.29. The molecule has 0 unspecified atom stereocenters. The molecule has 2 aromatic rings. The summed E-state index contributed by atoms with van der Waals surface area (Å²) >= 11 is 0. The van der Waals surface area contributed by atoms with E-state index in [0.29, 0.717) is 6.54 Å². The van der Waals surface area contributed by atoms with E-state index < -0.39 is 6.03 Å². The number of aromatic hydroxyl groups is 1. The number of aromatic nitrogens is 2. The van der Waals surface area contributed by atoms with E-state index in [1.54, 1.807) is 18.2 Å². The predicted molar refractivity (Wildman–Crippen MR) is 85.1 cm³/mol. The Morgan fingerprint density at radius 1 is 1.27 bits per heavy atom. The third kappa shape index (κ3) is 4.34. The van der Waals surface area contributed by atoms with Crippen LogP contribution < -0.4 is 15.5 Å². The summed E-state index contributed by atoms with van der Waals surface area (Å²) in [6.07, 6.45) is 0. The fourth-order valence-corrected chi connectivity index (χ4v) is 1.83. The van der Waals surface area contributed by atoms with Crippen molar-refractivity contribution < 1.29 is 9.90 Å². The molecule has 2 amide bonds. The highest BCUT2D eigenvalue weighted by molar-refractivity contribution is 5.87. The molecule has 0 radical (unpaired) electrons. The van der Waals surface area contributed by atoms with Gasteiger partial charge in [-0.15, -0.1) is 0 Å². The molecule has 1 heterocycles. The third-order valence-electron chi connectivity index (χ3n) is 2.89. The van der Waals surface area contributed by atoms with E-state index in [4.69, 9.17) is 0 Å². The van der Waals surface area contributed by atoms with Crippen molar-refractivity contribution in [3.8, 4) is 5.75 Å². The maximum absolute atomic E-state index is 11.9. The Morgan fingerprint density at radius 3 is 2.73 bits per heavy atom. The van der Waals surface area contributed by atoms with Crippen LogP contribution in [0.5, 0.6) is 5.75 Å². The van der Waals surface area contributed by atoms with Crippen LogP contribution in [0.1, 0.15) is 11.3 Å². The molecular formula is C15H19N5O2. The van der Waals surface area contributed by atoms with E-state index >= 15 is 0 Å². The Morgan fingerprint density at radius 2 is 2.05 bits per heavy atom. The van der Waals surface area contributed by atoms with Crippen LogP contribution in [0.2, 0.25) is 0 Å². The van der Waals surface area contributed by atoms with Crippen molar-refractivity contribution >= 4 is 17.8 Å². The number of hydrogen-bond donors (Lipinski definition) is 3. The van der Waals surface area contributed by atoms with Crippen LogP contribution in [-0.4, -0.2) is 35.2 Å². The fraction of sp³-hybridized carbons (Fsp3) is 0.267. The average molecular weight is 301 g/mol. The van der Waals surface area contributed by atoms with Crippen molar-refractivity contribution in [3.63, 3.8) is 0 Å². The second kappa shape index (κ2) is 6.75. The summed E-state index contributed by atoms with van der Waals surface area (Å²) in [5.41, 5.74) is 1.57. The lowest BCUT2D eigenvalue weighted by atomic mass is 10.2. The molecule has 0 atom stereocenters.